The number of carbonyl (C=O) groups excluding carboxylic acids is 1. The zero-order valence-corrected chi connectivity index (χ0v) is 10.7. The van der Waals surface area contributed by atoms with Gasteiger partial charge in [-0.15, -0.1) is 0 Å². The van der Waals surface area contributed by atoms with Crippen LogP contribution in [-0.4, -0.2) is 56.5 Å². The Kier molecular flexibility index (Phi) is 5.49. The number of amides is 1. The van der Waals surface area contributed by atoms with Gasteiger partial charge >= 0.3 is 0 Å². The zero-order chi connectivity index (χ0) is 12.7. The van der Waals surface area contributed by atoms with Crippen molar-refractivity contribution in [2.75, 3.05) is 40.8 Å². The second-order valence-corrected chi connectivity index (χ2v) is 4.22. The molecule has 1 aromatic carbocycles. The first-order chi connectivity index (χ1) is 8.09. The van der Waals surface area contributed by atoms with Gasteiger partial charge in [0.05, 0.1) is 0 Å². The Hall–Kier alpha value is -1.55. The molecule has 0 spiro atoms. The molecule has 17 heavy (non-hydrogen) atoms. The Labute approximate surface area is 103 Å². The molecule has 0 heterocycles. The van der Waals surface area contributed by atoms with E-state index in [0.29, 0.717) is 6.54 Å². The molecule has 0 unspecified atom stereocenters. The van der Waals surface area contributed by atoms with Crippen molar-refractivity contribution in [3.63, 3.8) is 0 Å². The molecular formula is C13H20N2O2. The summed E-state index contributed by atoms with van der Waals surface area (Å²) >= 11 is 0. The quantitative estimate of drug-likeness (QED) is 0.741. The van der Waals surface area contributed by atoms with Crippen molar-refractivity contribution in [2.45, 2.75) is 0 Å². The van der Waals surface area contributed by atoms with Gasteiger partial charge in [-0.25, -0.2) is 0 Å². The van der Waals surface area contributed by atoms with Crippen LogP contribution in [0.2, 0.25) is 0 Å². The van der Waals surface area contributed by atoms with E-state index in [1.54, 1.807) is 11.9 Å². The van der Waals surface area contributed by atoms with Gasteiger partial charge in [-0.05, 0) is 26.2 Å². The lowest BCUT2D eigenvalue weighted by Crippen LogP contribution is -2.36. The van der Waals surface area contributed by atoms with Gasteiger partial charge in [0.15, 0.2) is 6.61 Å². The summed E-state index contributed by atoms with van der Waals surface area (Å²) in [6.07, 6.45) is 0. The molecular weight excluding hydrogens is 216 g/mol. The lowest BCUT2D eigenvalue weighted by atomic mass is 10.3. The lowest BCUT2D eigenvalue weighted by Gasteiger charge is -2.19. The largest absolute Gasteiger partial charge is 0.484 e. The number of nitrogens with zero attached hydrogens (tertiary/aromatic N) is 2. The van der Waals surface area contributed by atoms with E-state index in [2.05, 4.69) is 0 Å². The van der Waals surface area contributed by atoms with Crippen molar-refractivity contribution < 1.29 is 9.53 Å². The fourth-order valence-corrected chi connectivity index (χ4v) is 1.25. The van der Waals surface area contributed by atoms with E-state index in [-0.39, 0.29) is 12.5 Å². The summed E-state index contributed by atoms with van der Waals surface area (Å²) in [6.45, 7) is 1.66. The molecule has 0 radical (unpaired) electrons. The number of carbonyl (C=O) groups is 1. The average molecular weight is 236 g/mol. The molecule has 0 saturated heterocycles. The maximum Gasteiger partial charge on any atom is 0.260 e. The molecule has 0 saturated carbocycles. The fourth-order valence-electron chi connectivity index (χ4n) is 1.25. The van der Waals surface area contributed by atoms with E-state index in [1.807, 2.05) is 49.3 Å². The number of para-hydroxylation sites is 1. The molecule has 0 fully saturated rings. The van der Waals surface area contributed by atoms with Crippen molar-refractivity contribution in [3.05, 3.63) is 30.3 Å². The minimum atomic E-state index is -0.00398. The number of hydrogen-bond acceptors (Lipinski definition) is 3. The second-order valence-electron chi connectivity index (χ2n) is 4.22. The maximum atomic E-state index is 11.7. The van der Waals surface area contributed by atoms with Gasteiger partial charge in [0.25, 0.3) is 5.91 Å². The van der Waals surface area contributed by atoms with E-state index in [9.17, 15) is 4.79 Å². The summed E-state index contributed by atoms with van der Waals surface area (Å²) in [7, 11) is 5.76. The molecule has 0 bridgehead atoms. The van der Waals surface area contributed by atoms with Crippen molar-refractivity contribution >= 4 is 5.91 Å². The summed E-state index contributed by atoms with van der Waals surface area (Å²) in [4.78, 5) is 15.4. The third kappa shape index (κ3) is 5.36. The van der Waals surface area contributed by atoms with E-state index < -0.39 is 0 Å². The van der Waals surface area contributed by atoms with Crippen LogP contribution in [0.1, 0.15) is 0 Å². The molecule has 0 N–H and O–H groups in total. The normalized spacial score (nSPS) is 10.4. The van der Waals surface area contributed by atoms with Crippen LogP contribution in [0.3, 0.4) is 0 Å². The first-order valence-corrected chi connectivity index (χ1v) is 5.66. The van der Waals surface area contributed by atoms with Gasteiger partial charge in [-0.1, -0.05) is 18.2 Å². The molecule has 0 aromatic heterocycles. The van der Waals surface area contributed by atoms with Crippen molar-refractivity contribution in [3.8, 4) is 5.75 Å². The van der Waals surface area contributed by atoms with Gasteiger partial charge < -0.3 is 14.5 Å². The monoisotopic (exact) mass is 236 g/mol. The first kappa shape index (κ1) is 13.5. The number of likely N-dealkylation sites (N-methyl/N-ethyl adjacent to an activating group) is 2. The number of benzene rings is 1. The molecule has 4 heteroatoms. The predicted molar refractivity (Wildman–Crippen MR) is 68.1 cm³/mol. The predicted octanol–water partition coefficient (Wildman–Crippen LogP) is 1.09. The smallest absolute Gasteiger partial charge is 0.260 e. The van der Waals surface area contributed by atoms with Crippen LogP contribution in [0.25, 0.3) is 0 Å². The molecule has 0 aliphatic rings. The highest BCUT2D eigenvalue weighted by Gasteiger charge is 2.09. The average Bonchev–Trinajstić information content (AvgIpc) is 2.34. The molecule has 0 aliphatic heterocycles. The SMILES string of the molecule is CN(C)CCN(C)C(=O)COc1ccccc1. The summed E-state index contributed by atoms with van der Waals surface area (Å²) < 4.78 is 5.39. The summed E-state index contributed by atoms with van der Waals surface area (Å²) in [5.74, 6) is 0.720. The number of ether oxygens (including phenoxy) is 1. The standard InChI is InChI=1S/C13H20N2O2/c1-14(2)9-10-15(3)13(16)11-17-12-7-5-4-6-8-12/h4-8H,9-11H2,1-3H3. The third-order valence-corrected chi connectivity index (χ3v) is 2.41. The van der Waals surface area contributed by atoms with Gasteiger partial charge in [0.2, 0.25) is 0 Å². The molecule has 4 nitrogen and oxygen atoms in total. The van der Waals surface area contributed by atoms with Gasteiger partial charge in [-0.2, -0.15) is 0 Å². The molecule has 1 rings (SSSR count). The Morgan fingerprint density at radius 3 is 2.35 bits per heavy atom. The third-order valence-electron chi connectivity index (χ3n) is 2.41. The van der Waals surface area contributed by atoms with Crippen LogP contribution in [0.4, 0.5) is 0 Å². The molecule has 0 aliphatic carbocycles. The maximum absolute atomic E-state index is 11.7. The van der Waals surface area contributed by atoms with Crippen LogP contribution in [-0.2, 0) is 4.79 Å². The van der Waals surface area contributed by atoms with E-state index >= 15 is 0 Å². The van der Waals surface area contributed by atoms with Gasteiger partial charge in [0, 0.05) is 20.1 Å². The van der Waals surface area contributed by atoms with Gasteiger partial charge in [0.1, 0.15) is 5.75 Å². The summed E-state index contributed by atoms with van der Waals surface area (Å²) in [5.41, 5.74) is 0. The minimum absolute atomic E-state index is 0.00398. The van der Waals surface area contributed by atoms with E-state index in [4.69, 9.17) is 4.74 Å². The van der Waals surface area contributed by atoms with Crippen LogP contribution >= 0.6 is 0 Å². The van der Waals surface area contributed by atoms with Crippen molar-refractivity contribution in [1.82, 2.24) is 9.80 Å². The molecule has 1 aromatic rings. The van der Waals surface area contributed by atoms with E-state index in [0.717, 1.165) is 12.3 Å². The molecule has 94 valence electrons. The number of hydrogen-bond donors (Lipinski definition) is 0. The summed E-state index contributed by atoms with van der Waals surface area (Å²) in [6, 6.07) is 9.36. The Bertz CT molecular complexity index is 339. The Morgan fingerprint density at radius 2 is 1.76 bits per heavy atom. The Balaban J connectivity index is 2.29. The highest BCUT2D eigenvalue weighted by Crippen LogP contribution is 2.07. The zero-order valence-electron chi connectivity index (χ0n) is 10.7. The second kappa shape index (κ2) is 6.91. The Morgan fingerprint density at radius 1 is 1.12 bits per heavy atom. The van der Waals surface area contributed by atoms with E-state index in [1.165, 1.54) is 0 Å². The lowest BCUT2D eigenvalue weighted by molar-refractivity contribution is -0.132. The molecule has 0 atom stereocenters. The summed E-state index contributed by atoms with van der Waals surface area (Å²) in [5, 5.41) is 0. The van der Waals surface area contributed by atoms with Crippen LogP contribution < -0.4 is 4.74 Å². The first-order valence-electron chi connectivity index (χ1n) is 5.66. The topological polar surface area (TPSA) is 32.8 Å². The van der Waals surface area contributed by atoms with Crippen LogP contribution in [0, 0.1) is 0 Å². The number of rotatable bonds is 6. The highest BCUT2D eigenvalue weighted by molar-refractivity contribution is 5.77. The van der Waals surface area contributed by atoms with Crippen molar-refractivity contribution in [2.24, 2.45) is 0 Å². The van der Waals surface area contributed by atoms with Crippen molar-refractivity contribution in [1.29, 1.82) is 0 Å². The van der Waals surface area contributed by atoms with Crippen LogP contribution in [0.5, 0.6) is 5.75 Å². The van der Waals surface area contributed by atoms with Gasteiger partial charge in [-0.3, -0.25) is 4.79 Å². The van der Waals surface area contributed by atoms with Crippen LogP contribution in [0.15, 0.2) is 30.3 Å². The molecule has 1 amide bonds. The fraction of sp³-hybridized carbons (Fsp3) is 0.462. The minimum Gasteiger partial charge on any atom is -0.484 e. The highest BCUT2D eigenvalue weighted by atomic mass is 16.5.